The molecule has 0 N–H and O–H groups in total. The Kier molecular flexibility index (Phi) is 5.30. The summed E-state index contributed by atoms with van der Waals surface area (Å²) in [7, 11) is 1.68. The first-order chi connectivity index (χ1) is 9.11. The molecule has 0 radical (unpaired) electrons. The number of thioether (sulfide) groups is 1. The van der Waals surface area contributed by atoms with Crippen molar-refractivity contribution in [3.63, 3.8) is 0 Å². The first kappa shape index (κ1) is 14.9. The lowest BCUT2D eigenvalue weighted by Crippen LogP contribution is -2.15. The van der Waals surface area contributed by atoms with E-state index in [0.29, 0.717) is 24.9 Å². The van der Waals surface area contributed by atoms with Crippen molar-refractivity contribution in [1.29, 1.82) is 0 Å². The van der Waals surface area contributed by atoms with E-state index < -0.39 is 0 Å². The van der Waals surface area contributed by atoms with Crippen molar-refractivity contribution < 1.29 is 14.3 Å². The van der Waals surface area contributed by atoms with E-state index in [-0.39, 0.29) is 5.78 Å². The van der Waals surface area contributed by atoms with Gasteiger partial charge in [0, 0.05) is 42.3 Å². The van der Waals surface area contributed by atoms with Crippen LogP contribution >= 0.6 is 27.7 Å². The molecule has 1 atom stereocenters. The number of carbonyl (C=O) groups excluding carboxylic acids is 1. The molecule has 2 rings (SSSR count). The molecule has 0 spiro atoms. The zero-order valence-corrected chi connectivity index (χ0v) is 13.5. The number of ether oxygens (including phenoxy) is 2. The third-order valence-electron chi connectivity index (χ3n) is 2.89. The maximum absolute atomic E-state index is 12.0. The predicted octanol–water partition coefficient (Wildman–Crippen LogP) is 3.93. The third-order valence-corrected chi connectivity index (χ3v) is 4.67. The normalized spacial score (nSPS) is 18.3. The van der Waals surface area contributed by atoms with Gasteiger partial charge in [-0.1, -0.05) is 6.92 Å². The Morgan fingerprint density at radius 2 is 2.21 bits per heavy atom. The summed E-state index contributed by atoms with van der Waals surface area (Å²) >= 11 is 5.21. The maximum atomic E-state index is 12.0. The standard InChI is InChI=1S/C14H17BrO3S/c1-9-6-12(16)10-7-11(15)13(8-14(10)19-9)18-5-3-4-17-2/h7-9H,3-6H2,1-2H3. The molecular formula is C14H17BrO3S. The molecule has 1 aliphatic heterocycles. The van der Waals surface area contributed by atoms with Crippen LogP contribution in [0.1, 0.15) is 30.1 Å². The minimum absolute atomic E-state index is 0.216. The van der Waals surface area contributed by atoms with Crippen LogP contribution in [0, 0.1) is 0 Å². The van der Waals surface area contributed by atoms with Gasteiger partial charge in [-0.2, -0.15) is 0 Å². The minimum atomic E-state index is 0.216. The van der Waals surface area contributed by atoms with Crippen LogP contribution in [-0.2, 0) is 4.74 Å². The van der Waals surface area contributed by atoms with E-state index in [4.69, 9.17) is 9.47 Å². The summed E-state index contributed by atoms with van der Waals surface area (Å²) in [5.74, 6) is 1.01. The molecule has 0 aromatic heterocycles. The monoisotopic (exact) mass is 344 g/mol. The maximum Gasteiger partial charge on any atom is 0.165 e. The number of ketones is 1. The summed E-state index contributed by atoms with van der Waals surface area (Å²) in [5.41, 5.74) is 0.805. The van der Waals surface area contributed by atoms with Crippen molar-refractivity contribution in [2.24, 2.45) is 0 Å². The highest BCUT2D eigenvalue weighted by atomic mass is 79.9. The number of methoxy groups -OCH3 is 1. The Balaban J connectivity index is 2.13. The lowest BCUT2D eigenvalue weighted by molar-refractivity contribution is 0.0978. The van der Waals surface area contributed by atoms with Crippen molar-refractivity contribution in [3.8, 4) is 5.75 Å². The number of benzene rings is 1. The van der Waals surface area contributed by atoms with Gasteiger partial charge in [0.1, 0.15) is 5.75 Å². The summed E-state index contributed by atoms with van der Waals surface area (Å²) in [6.07, 6.45) is 1.46. The van der Waals surface area contributed by atoms with Crippen LogP contribution in [0.25, 0.3) is 0 Å². The van der Waals surface area contributed by atoms with E-state index >= 15 is 0 Å². The lowest BCUT2D eigenvalue weighted by Gasteiger charge is -2.21. The Hall–Kier alpha value is -0.520. The number of Topliss-reactive ketones (excluding diaryl/α,β-unsaturated/α-hetero) is 1. The smallest absolute Gasteiger partial charge is 0.165 e. The molecule has 0 bridgehead atoms. The van der Waals surface area contributed by atoms with Crippen molar-refractivity contribution >= 4 is 33.5 Å². The van der Waals surface area contributed by atoms with Gasteiger partial charge in [0.15, 0.2) is 5.78 Å². The molecule has 5 heteroatoms. The minimum Gasteiger partial charge on any atom is -0.492 e. The van der Waals surface area contributed by atoms with Crippen molar-refractivity contribution in [3.05, 3.63) is 22.2 Å². The zero-order valence-electron chi connectivity index (χ0n) is 11.1. The third kappa shape index (κ3) is 3.74. The van der Waals surface area contributed by atoms with Crippen LogP contribution in [-0.4, -0.2) is 31.4 Å². The molecule has 1 unspecified atom stereocenters. The van der Waals surface area contributed by atoms with Gasteiger partial charge in [-0.15, -0.1) is 11.8 Å². The molecule has 0 aliphatic carbocycles. The van der Waals surface area contributed by atoms with Crippen molar-refractivity contribution in [1.82, 2.24) is 0 Å². The fourth-order valence-corrected chi connectivity index (χ4v) is 3.58. The fraction of sp³-hybridized carbons (Fsp3) is 0.500. The van der Waals surface area contributed by atoms with E-state index in [2.05, 4.69) is 22.9 Å². The second-order valence-corrected chi connectivity index (χ2v) is 6.86. The zero-order chi connectivity index (χ0) is 13.8. The average Bonchev–Trinajstić information content (AvgIpc) is 2.36. The van der Waals surface area contributed by atoms with Crippen LogP contribution in [0.3, 0.4) is 0 Å². The number of fused-ring (bicyclic) bond motifs is 1. The number of rotatable bonds is 5. The number of carbonyl (C=O) groups is 1. The van der Waals surface area contributed by atoms with Gasteiger partial charge >= 0.3 is 0 Å². The molecule has 1 aliphatic rings. The van der Waals surface area contributed by atoms with E-state index in [1.807, 2.05) is 12.1 Å². The molecule has 0 saturated carbocycles. The molecule has 0 amide bonds. The van der Waals surface area contributed by atoms with Gasteiger partial charge in [0.05, 0.1) is 11.1 Å². The number of hydrogen-bond donors (Lipinski definition) is 0. The van der Waals surface area contributed by atoms with Gasteiger partial charge < -0.3 is 9.47 Å². The Morgan fingerprint density at radius 3 is 2.95 bits per heavy atom. The Bertz CT molecular complexity index is 476. The van der Waals surface area contributed by atoms with Gasteiger partial charge in [-0.25, -0.2) is 0 Å². The largest absolute Gasteiger partial charge is 0.492 e. The second-order valence-electron chi connectivity index (χ2n) is 4.53. The first-order valence-corrected chi connectivity index (χ1v) is 7.94. The van der Waals surface area contributed by atoms with E-state index in [1.54, 1.807) is 18.9 Å². The van der Waals surface area contributed by atoms with Crippen molar-refractivity contribution in [2.75, 3.05) is 20.3 Å². The molecule has 104 valence electrons. The molecule has 1 aromatic rings. The van der Waals surface area contributed by atoms with Crippen LogP contribution in [0.4, 0.5) is 0 Å². The quantitative estimate of drug-likeness (QED) is 0.758. The lowest BCUT2D eigenvalue weighted by atomic mass is 10.1. The SMILES string of the molecule is COCCCOc1cc2c(cc1Br)C(=O)CC(C)S2. The van der Waals surface area contributed by atoms with Crippen molar-refractivity contribution in [2.45, 2.75) is 29.9 Å². The van der Waals surface area contributed by atoms with Crippen LogP contribution in [0.5, 0.6) is 5.75 Å². The number of halogens is 1. The predicted molar refractivity (Wildman–Crippen MR) is 80.4 cm³/mol. The highest BCUT2D eigenvalue weighted by molar-refractivity contribution is 9.10. The van der Waals surface area contributed by atoms with Crippen LogP contribution in [0.2, 0.25) is 0 Å². The van der Waals surface area contributed by atoms with Gasteiger partial charge in [0.2, 0.25) is 0 Å². The summed E-state index contributed by atoms with van der Waals surface area (Å²) < 4.78 is 11.6. The average molecular weight is 345 g/mol. The van der Waals surface area contributed by atoms with E-state index in [9.17, 15) is 4.79 Å². The van der Waals surface area contributed by atoms with Gasteiger partial charge in [-0.3, -0.25) is 4.79 Å². The first-order valence-electron chi connectivity index (χ1n) is 6.27. The van der Waals surface area contributed by atoms with E-state index in [1.165, 1.54) is 0 Å². The van der Waals surface area contributed by atoms with E-state index in [0.717, 1.165) is 27.1 Å². The molecule has 1 aromatic carbocycles. The molecule has 19 heavy (non-hydrogen) atoms. The summed E-state index contributed by atoms with van der Waals surface area (Å²) in [6, 6.07) is 3.84. The highest BCUT2D eigenvalue weighted by Crippen LogP contribution is 2.40. The fourth-order valence-electron chi connectivity index (χ4n) is 1.98. The van der Waals surface area contributed by atoms with Gasteiger partial charge in [0.25, 0.3) is 0 Å². The summed E-state index contributed by atoms with van der Waals surface area (Å²) in [6.45, 7) is 3.37. The molecule has 1 heterocycles. The summed E-state index contributed by atoms with van der Waals surface area (Å²) in [4.78, 5) is 13.0. The molecule has 0 saturated heterocycles. The van der Waals surface area contributed by atoms with Gasteiger partial charge in [-0.05, 0) is 28.1 Å². The summed E-state index contributed by atoms with van der Waals surface area (Å²) in [5, 5.41) is 0.336. The second kappa shape index (κ2) is 6.77. The molecular weight excluding hydrogens is 328 g/mol. The Labute approximate surface area is 126 Å². The Morgan fingerprint density at radius 1 is 1.42 bits per heavy atom. The topological polar surface area (TPSA) is 35.5 Å². The van der Waals surface area contributed by atoms with Crippen LogP contribution in [0.15, 0.2) is 21.5 Å². The highest BCUT2D eigenvalue weighted by Gasteiger charge is 2.24. The molecule has 3 nitrogen and oxygen atoms in total. The van der Waals surface area contributed by atoms with Crippen LogP contribution < -0.4 is 4.74 Å². The molecule has 0 fully saturated rings. The number of hydrogen-bond acceptors (Lipinski definition) is 4.